The van der Waals surface area contributed by atoms with Crippen molar-refractivity contribution in [2.24, 2.45) is 0 Å². The average Bonchev–Trinajstić information content (AvgIpc) is 3.15. The van der Waals surface area contributed by atoms with E-state index >= 15 is 0 Å². The lowest BCUT2D eigenvalue weighted by Crippen LogP contribution is -2.62. The van der Waals surface area contributed by atoms with Crippen LogP contribution >= 0.6 is 11.6 Å². The van der Waals surface area contributed by atoms with E-state index < -0.39 is 17.8 Å². The molecule has 1 aromatic carbocycles. The first kappa shape index (κ1) is 20.9. The molecule has 0 spiro atoms. The molecule has 2 atom stereocenters. The van der Waals surface area contributed by atoms with Gasteiger partial charge in [-0.05, 0) is 37.8 Å². The molecule has 3 saturated carbocycles. The maximum Gasteiger partial charge on any atom is 0.237 e. The minimum atomic E-state index is -1.16. The fourth-order valence-corrected chi connectivity index (χ4v) is 5.29. The van der Waals surface area contributed by atoms with Gasteiger partial charge in [-0.25, -0.2) is 9.18 Å². The molecular weight excluding hydrogens is 407 g/mol. The van der Waals surface area contributed by atoms with Crippen LogP contribution in [0.4, 0.5) is 10.1 Å². The summed E-state index contributed by atoms with van der Waals surface area (Å²) in [4.78, 5) is 25.7. The monoisotopic (exact) mass is 430 g/mol. The number of fused-ring (bicyclic) bond motifs is 3. The fraction of sp³-hybridized carbons (Fsp3) is 0.545. The number of rotatable bonds is 5. The van der Waals surface area contributed by atoms with Crippen molar-refractivity contribution in [1.29, 1.82) is 5.26 Å². The van der Waals surface area contributed by atoms with Crippen molar-refractivity contribution in [2.75, 3.05) is 18.4 Å². The van der Waals surface area contributed by atoms with Gasteiger partial charge in [-0.2, -0.15) is 5.26 Å². The van der Waals surface area contributed by atoms with Crippen LogP contribution in [0.15, 0.2) is 29.8 Å². The average molecular weight is 431 g/mol. The highest BCUT2D eigenvalue weighted by molar-refractivity contribution is 6.33. The molecule has 1 heterocycles. The normalized spacial score (nSPS) is 32.6. The molecule has 0 radical (unpaired) electrons. The summed E-state index contributed by atoms with van der Waals surface area (Å²) in [5.41, 5.74) is 0.638. The van der Waals surface area contributed by atoms with E-state index in [2.05, 4.69) is 16.6 Å². The number of likely N-dealkylation sites (tertiary alicyclic amines) is 1. The van der Waals surface area contributed by atoms with E-state index in [1.54, 1.807) is 0 Å². The van der Waals surface area contributed by atoms with Gasteiger partial charge in [0, 0.05) is 24.0 Å². The predicted octanol–water partition coefficient (Wildman–Crippen LogP) is 3.02. The second-order valence-electron chi connectivity index (χ2n) is 8.60. The van der Waals surface area contributed by atoms with Crippen LogP contribution in [-0.2, 0) is 9.59 Å². The minimum absolute atomic E-state index is 0.0268. The van der Waals surface area contributed by atoms with Gasteiger partial charge in [-0.15, -0.1) is 0 Å². The molecule has 4 fully saturated rings. The largest absolute Gasteiger partial charge is 0.378 e. The maximum atomic E-state index is 13.6. The Kier molecular flexibility index (Phi) is 5.59. The van der Waals surface area contributed by atoms with Crippen molar-refractivity contribution < 1.29 is 14.0 Å². The second-order valence-corrected chi connectivity index (χ2v) is 9.01. The molecule has 158 valence electrons. The number of para-hydroxylation sites is 1. The van der Waals surface area contributed by atoms with Crippen molar-refractivity contribution in [3.05, 3.63) is 34.9 Å². The van der Waals surface area contributed by atoms with Crippen LogP contribution in [0.5, 0.6) is 0 Å². The number of carbonyl (C=O) groups is 1. The number of halogens is 2. The summed E-state index contributed by atoms with van der Waals surface area (Å²) in [5.74, 6) is 1.81. The van der Waals surface area contributed by atoms with Gasteiger partial charge in [0.05, 0.1) is 35.4 Å². The highest BCUT2D eigenvalue weighted by atomic mass is 35.5. The summed E-state index contributed by atoms with van der Waals surface area (Å²) in [6, 6.07) is 8.82. The molecule has 2 unspecified atom stereocenters. The van der Waals surface area contributed by atoms with Crippen molar-refractivity contribution in [3.63, 3.8) is 0 Å². The number of anilines is 1. The van der Waals surface area contributed by atoms with Crippen molar-refractivity contribution in [3.8, 4) is 6.07 Å². The maximum absolute atomic E-state index is 13.6. The number of carbonyl (C=O) groups excluding carboxylic acids is 2. The smallest absolute Gasteiger partial charge is 0.237 e. The van der Waals surface area contributed by atoms with E-state index in [4.69, 9.17) is 16.9 Å². The summed E-state index contributed by atoms with van der Waals surface area (Å²) >= 11 is 6.30. The molecule has 1 saturated heterocycles. The first-order chi connectivity index (χ1) is 14.4. The molecule has 8 heteroatoms. The van der Waals surface area contributed by atoms with Gasteiger partial charge >= 0.3 is 0 Å². The number of alkyl halides is 1. The number of nitrogens with zero attached hydrogens (tertiary/aromatic N) is 2. The highest BCUT2D eigenvalue weighted by Gasteiger charge is 2.52. The summed E-state index contributed by atoms with van der Waals surface area (Å²) in [6.45, 7) is -0.0754. The topological polar surface area (TPSA) is 85.2 Å². The second kappa shape index (κ2) is 8.03. The molecule has 1 amide bonds. The van der Waals surface area contributed by atoms with E-state index in [1.807, 2.05) is 30.3 Å². The molecule has 2 N–H and O–H groups in total. The van der Waals surface area contributed by atoms with Crippen molar-refractivity contribution in [2.45, 2.75) is 61.8 Å². The Hall–Kier alpha value is -2.39. The summed E-state index contributed by atoms with van der Waals surface area (Å²) < 4.78 is 13.6. The van der Waals surface area contributed by atoms with Gasteiger partial charge in [0.15, 0.2) is 0 Å². The summed E-state index contributed by atoms with van der Waals surface area (Å²) in [6.07, 6.45) is 2.45. The lowest BCUT2D eigenvalue weighted by molar-refractivity contribution is -0.130. The Morgan fingerprint density at radius 3 is 2.70 bits per heavy atom. The molecule has 0 aromatic heterocycles. The van der Waals surface area contributed by atoms with Crippen LogP contribution in [0.25, 0.3) is 0 Å². The molecule has 5 rings (SSSR count). The molecule has 4 aliphatic rings. The SMILES string of the molecule is N#CC1CC(F)CN1C(=O)CNC12CCC(Nc3ccccc3Cl)(CC1)CC2=C=O. The molecule has 30 heavy (non-hydrogen) atoms. The predicted molar refractivity (Wildman–Crippen MR) is 111 cm³/mol. The molecule has 6 nitrogen and oxygen atoms in total. The van der Waals surface area contributed by atoms with E-state index in [9.17, 15) is 14.0 Å². The number of hydrogen-bond acceptors (Lipinski definition) is 5. The lowest BCUT2D eigenvalue weighted by atomic mass is 9.59. The Labute approximate surface area is 180 Å². The van der Waals surface area contributed by atoms with Crippen LogP contribution in [0.1, 0.15) is 38.5 Å². The molecule has 1 aliphatic heterocycles. The standard InChI is InChI=1S/C22H24ClFN4O2/c23-18-3-1-2-4-19(18)27-21-5-7-22(8-6-21,15(10-21)14-29)26-12-20(30)28-13-16(24)9-17(28)11-25/h1-4,16-17,26-27H,5-10,12-13H2. The van der Waals surface area contributed by atoms with Crippen molar-refractivity contribution in [1.82, 2.24) is 10.2 Å². The molecule has 3 aliphatic carbocycles. The number of nitriles is 1. The number of hydrogen-bond donors (Lipinski definition) is 2. The molecule has 2 bridgehead atoms. The van der Waals surface area contributed by atoms with Crippen LogP contribution in [0.2, 0.25) is 5.02 Å². The van der Waals surface area contributed by atoms with Crippen LogP contribution in [0.3, 0.4) is 0 Å². The number of benzene rings is 1. The number of amides is 1. The van der Waals surface area contributed by atoms with E-state index in [1.165, 1.54) is 4.90 Å². The van der Waals surface area contributed by atoms with Gasteiger partial charge in [0.25, 0.3) is 0 Å². The zero-order valence-corrected chi connectivity index (χ0v) is 17.3. The Morgan fingerprint density at radius 1 is 1.30 bits per heavy atom. The van der Waals surface area contributed by atoms with Crippen LogP contribution < -0.4 is 10.6 Å². The third-order valence-corrected chi connectivity index (χ3v) is 7.18. The van der Waals surface area contributed by atoms with Crippen LogP contribution in [0, 0.1) is 11.3 Å². The van der Waals surface area contributed by atoms with Crippen molar-refractivity contribution >= 4 is 29.1 Å². The molecular formula is C22H24ClFN4O2. The third kappa shape index (κ3) is 3.72. The quantitative estimate of drug-likeness (QED) is 0.701. The Balaban J connectivity index is 1.44. The van der Waals surface area contributed by atoms with Gasteiger partial charge in [-0.3, -0.25) is 10.1 Å². The summed E-state index contributed by atoms with van der Waals surface area (Å²) in [5, 5.41) is 16.6. The lowest BCUT2D eigenvalue weighted by Gasteiger charge is -2.54. The van der Waals surface area contributed by atoms with Gasteiger partial charge in [0.2, 0.25) is 5.91 Å². The Bertz CT molecular complexity index is 931. The van der Waals surface area contributed by atoms with Gasteiger partial charge in [-0.1, -0.05) is 23.7 Å². The first-order valence-corrected chi connectivity index (χ1v) is 10.6. The van der Waals surface area contributed by atoms with Gasteiger partial charge in [0.1, 0.15) is 18.2 Å². The van der Waals surface area contributed by atoms with Crippen LogP contribution in [-0.4, -0.2) is 53.1 Å². The zero-order valence-electron chi connectivity index (χ0n) is 16.6. The van der Waals surface area contributed by atoms with E-state index in [0.29, 0.717) is 29.9 Å². The third-order valence-electron chi connectivity index (χ3n) is 6.85. The summed E-state index contributed by atoms with van der Waals surface area (Å²) in [7, 11) is 0. The Morgan fingerprint density at radius 2 is 2.03 bits per heavy atom. The first-order valence-electron chi connectivity index (χ1n) is 10.3. The zero-order chi connectivity index (χ0) is 21.4. The van der Waals surface area contributed by atoms with E-state index in [0.717, 1.165) is 18.5 Å². The molecule has 1 aromatic rings. The van der Waals surface area contributed by atoms with Gasteiger partial charge < -0.3 is 10.2 Å². The van der Waals surface area contributed by atoms with E-state index in [-0.39, 0.29) is 31.0 Å². The highest BCUT2D eigenvalue weighted by Crippen LogP contribution is 2.50. The number of nitrogens with one attached hydrogen (secondary N) is 2. The fourth-order valence-electron chi connectivity index (χ4n) is 5.11. The minimum Gasteiger partial charge on any atom is -0.378 e.